The van der Waals surface area contributed by atoms with Crippen molar-refractivity contribution in [2.24, 2.45) is 0 Å². The van der Waals surface area contributed by atoms with E-state index in [9.17, 15) is 18.3 Å². The predicted octanol–water partition coefficient (Wildman–Crippen LogP) is 5.18. The highest BCUT2D eigenvalue weighted by Gasteiger charge is 2.33. The van der Waals surface area contributed by atoms with Gasteiger partial charge in [0.05, 0.1) is 22.9 Å². The Morgan fingerprint density at radius 1 is 1.12 bits per heavy atom. The molecule has 4 rings (SSSR count). The number of aryl methyl sites for hydroxylation is 1. The molecule has 3 heterocycles. The van der Waals surface area contributed by atoms with Gasteiger partial charge in [0.1, 0.15) is 5.82 Å². The summed E-state index contributed by atoms with van der Waals surface area (Å²) in [6.07, 6.45) is -1.35. The number of fused-ring (bicyclic) bond motifs is 1. The minimum Gasteiger partial charge on any atom is -0.390 e. The summed E-state index contributed by atoms with van der Waals surface area (Å²) in [7, 11) is 0. The predicted molar refractivity (Wildman–Crippen MR) is 122 cm³/mol. The van der Waals surface area contributed by atoms with Crippen LogP contribution >= 0.6 is 0 Å². The molecule has 0 aliphatic carbocycles. The van der Waals surface area contributed by atoms with Crippen LogP contribution in [0, 0.1) is 13.8 Å². The van der Waals surface area contributed by atoms with Crippen LogP contribution in [0.15, 0.2) is 30.5 Å². The minimum absolute atomic E-state index is 0.192. The van der Waals surface area contributed by atoms with Crippen LogP contribution in [0.4, 0.5) is 24.8 Å². The number of aliphatic hydroxyl groups is 1. The van der Waals surface area contributed by atoms with Crippen molar-refractivity contribution in [2.45, 2.75) is 58.4 Å². The molecule has 0 spiro atoms. The molecule has 0 amide bonds. The Kier molecular flexibility index (Phi) is 5.94. The maximum atomic E-state index is 13.4. The van der Waals surface area contributed by atoms with Crippen LogP contribution in [0.25, 0.3) is 10.8 Å². The molecule has 2 N–H and O–H groups in total. The van der Waals surface area contributed by atoms with E-state index >= 15 is 0 Å². The van der Waals surface area contributed by atoms with Crippen LogP contribution in [0.1, 0.15) is 55.1 Å². The van der Waals surface area contributed by atoms with E-state index in [0.717, 1.165) is 28.4 Å². The lowest BCUT2D eigenvalue weighted by Gasteiger charge is -2.36. The third kappa shape index (κ3) is 4.73. The van der Waals surface area contributed by atoms with Gasteiger partial charge in [-0.05, 0) is 63.8 Å². The molecule has 1 fully saturated rings. The Morgan fingerprint density at radius 2 is 1.82 bits per heavy atom. The van der Waals surface area contributed by atoms with Crippen molar-refractivity contribution < 1.29 is 18.3 Å². The van der Waals surface area contributed by atoms with E-state index in [0.29, 0.717) is 37.3 Å². The molecule has 0 radical (unpaired) electrons. The fourth-order valence-electron chi connectivity index (χ4n) is 4.37. The van der Waals surface area contributed by atoms with Crippen molar-refractivity contribution in [3.8, 4) is 0 Å². The molecule has 9 heteroatoms. The molecular weight excluding hydrogens is 431 g/mol. The molecule has 3 aromatic rings. The number of piperidine rings is 1. The fourth-order valence-corrected chi connectivity index (χ4v) is 4.37. The summed E-state index contributed by atoms with van der Waals surface area (Å²) in [5.41, 5.74) is 0.158. The molecule has 0 bridgehead atoms. The molecule has 1 saturated heterocycles. The normalized spacial score (nSPS) is 17.3. The van der Waals surface area contributed by atoms with E-state index in [1.807, 2.05) is 26.8 Å². The van der Waals surface area contributed by atoms with Crippen LogP contribution in [0.2, 0.25) is 0 Å². The zero-order chi connectivity index (χ0) is 24.0. The van der Waals surface area contributed by atoms with Gasteiger partial charge in [0.2, 0.25) is 0 Å². The standard InChI is InChI=1S/C24H28F3N5O/c1-14-17(6-5-7-20(14)24(25,26)27)15(2)29-22-18-12-21(28-13-19(18)16(3)30-31-22)32-10-8-23(4,33)9-11-32/h5-7,12-13,15,33H,8-11H2,1-4H3,(H,29,31)/t15-/m1/s1. The van der Waals surface area contributed by atoms with Crippen molar-refractivity contribution >= 4 is 22.4 Å². The molecule has 6 nitrogen and oxygen atoms in total. The maximum Gasteiger partial charge on any atom is 0.416 e. The molecule has 1 aliphatic rings. The van der Waals surface area contributed by atoms with Crippen LogP contribution in [-0.2, 0) is 6.18 Å². The highest BCUT2D eigenvalue weighted by molar-refractivity contribution is 5.94. The van der Waals surface area contributed by atoms with Crippen LogP contribution in [0.3, 0.4) is 0 Å². The number of nitrogens with one attached hydrogen (secondary N) is 1. The molecule has 1 aliphatic heterocycles. The van der Waals surface area contributed by atoms with Crippen molar-refractivity contribution in [3.05, 3.63) is 52.8 Å². The number of halogens is 3. The lowest BCUT2D eigenvalue weighted by molar-refractivity contribution is -0.138. The second kappa shape index (κ2) is 8.44. The number of aromatic nitrogens is 3. The number of hydrogen-bond acceptors (Lipinski definition) is 6. The lowest BCUT2D eigenvalue weighted by Crippen LogP contribution is -2.42. The average molecular weight is 460 g/mol. The number of benzene rings is 1. The third-order valence-corrected chi connectivity index (χ3v) is 6.50. The monoisotopic (exact) mass is 459 g/mol. The molecule has 33 heavy (non-hydrogen) atoms. The van der Waals surface area contributed by atoms with Gasteiger partial charge in [-0.15, -0.1) is 5.10 Å². The van der Waals surface area contributed by atoms with E-state index < -0.39 is 23.4 Å². The van der Waals surface area contributed by atoms with Gasteiger partial charge in [0.25, 0.3) is 0 Å². The third-order valence-electron chi connectivity index (χ3n) is 6.50. The summed E-state index contributed by atoms with van der Waals surface area (Å²) in [5.74, 6) is 1.27. The Labute approximate surface area is 190 Å². The summed E-state index contributed by atoms with van der Waals surface area (Å²) < 4.78 is 40.1. The quantitative estimate of drug-likeness (QED) is 0.560. The topological polar surface area (TPSA) is 74.2 Å². The van der Waals surface area contributed by atoms with Gasteiger partial charge in [-0.2, -0.15) is 18.3 Å². The molecule has 1 aromatic carbocycles. The Bertz CT molecular complexity index is 1170. The van der Waals surface area contributed by atoms with Gasteiger partial charge in [0.15, 0.2) is 5.82 Å². The zero-order valence-electron chi connectivity index (χ0n) is 19.2. The highest BCUT2D eigenvalue weighted by Crippen LogP contribution is 2.36. The first-order chi connectivity index (χ1) is 15.5. The number of alkyl halides is 3. The highest BCUT2D eigenvalue weighted by atomic mass is 19.4. The summed E-state index contributed by atoms with van der Waals surface area (Å²) in [4.78, 5) is 6.72. The van der Waals surface area contributed by atoms with Crippen molar-refractivity contribution in [1.82, 2.24) is 15.2 Å². The average Bonchev–Trinajstić information content (AvgIpc) is 2.75. The van der Waals surface area contributed by atoms with Crippen LogP contribution in [0.5, 0.6) is 0 Å². The van der Waals surface area contributed by atoms with Gasteiger partial charge >= 0.3 is 6.18 Å². The largest absolute Gasteiger partial charge is 0.416 e. The Balaban J connectivity index is 1.68. The molecule has 176 valence electrons. The Hall–Kier alpha value is -2.94. The molecule has 2 aromatic heterocycles. The van der Waals surface area contributed by atoms with E-state index in [4.69, 9.17) is 0 Å². The second-order valence-corrected chi connectivity index (χ2v) is 9.09. The van der Waals surface area contributed by atoms with Crippen molar-refractivity contribution in [2.75, 3.05) is 23.3 Å². The second-order valence-electron chi connectivity index (χ2n) is 9.09. The zero-order valence-corrected chi connectivity index (χ0v) is 19.2. The van der Waals surface area contributed by atoms with E-state index in [2.05, 4.69) is 25.4 Å². The van der Waals surface area contributed by atoms with Gasteiger partial charge < -0.3 is 15.3 Å². The van der Waals surface area contributed by atoms with Crippen LogP contribution in [-0.4, -0.2) is 39.0 Å². The number of hydrogen-bond donors (Lipinski definition) is 2. The van der Waals surface area contributed by atoms with Gasteiger partial charge in [-0.1, -0.05) is 12.1 Å². The molecule has 1 atom stereocenters. The summed E-state index contributed by atoms with van der Waals surface area (Å²) in [6, 6.07) is 5.73. The summed E-state index contributed by atoms with van der Waals surface area (Å²) in [6.45, 7) is 8.36. The summed E-state index contributed by atoms with van der Waals surface area (Å²) >= 11 is 0. The first kappa shape index (κ1) is 23.2. The maximum absolute atomic E-state index is 13.4. The van der Waals surface area contributed by atoms with E-state index in [-0.39, 0.29) is 5.56 Å². The van der Waals surface area contributed by atoms with Gasteiger partial charge in [-0.3, -0.25) is 0 Å². The summed E-state index contributed by atoms with van der Waals surface area (Å²) in [5, 5.41) is 23.7. The number of pyridine rings is 1. The minimum atomic E-state index is -4.41. The molecular formula is C24H28F3N5O. The smallest absolute Gasteiger partial charge is 0.390 e. The first-order valence-electron chi connectivity index (χ1n) is 11.0. The van der Waals surface area contributed by atoms with Crippen LogP contribution < -0.4 is 10.2 Å². The fraction of sp³-hybridized carbons (Fsp3) is 0.458. The SMILES string of the molecule is Cc1c([C@@H](C)Nc2nnc(C)c3cnc(N4CCC(C)(O)CC4)cc23)cccc1C(F)(F)F. The van der Waals surface area contributed by atoms with Crippen molar-refractivity contribution in [1.29, 1.82) is 0 Å². The number of rotatable bonds is 4. The first-order valence-corrected chi connectivity index (χ1v) is 11.0. The number of anilines is 2. The van der Waals surface area contributed by atoms with Crippen molar-refractivity contribution in [3.63, 3.8) is 0 Å². The van der Waals surface area contributed by atoms with E-state index in [1.165, 1.54) is 13.0 Å². The van der Waals surface area contributed by atoms with E-state index in [1.54, 1.807) is 12.3 Å². The molecule has 0 saturated carbocycles. The Morgan fingerprint density at radius 3 is 2.48 bits per heavy atom. The van der Waals surface area contributed by atoms with Gasteiger partial charge in [-0.25, -0.2) is 4.98 Å². The lowest BCUT2D eigenvalue weighted by atomic mass is 9.94. The van der Waals surface area contributed by atoms with Gasteiger partial charge in [0, 0.05) is 30.1 Å². The molecule has 0 unspecified atom stereocenters. The number of nitrogens with zero attached hydrogens (tertiary/aromatic N) is 4.